The maximum atomic E-state index is 7.21. The van der Waals surface area contributed by atoms with Gasteiger partial charge in [-0.15, -0.1) is 6.58 Å². The molecule has 0 bridgehead atoms. The monoisotopic (exact) mass is 288 g/mol. The number of benzene rings is 1. The van der Waals surface area contributed by atoms with Crippen LogP contribution >= 0.6 is 0 Å². The largest absolute Gasteiger partial charge is 0.398 e. The first-order valence-electron chi connectivity index (χ1n) is 6.42. The Morgan fingerprint density at radius 1 is 1.33 bits per heavy atom. The summed E-state index contributed by atoms with van der Waals surface area (Å²) in [5.74, 6) is 0.767. The van der Waals surface area contributed by atoms with Gasteiger partial charge in [0.05, 0.1) is 0 Å². The zero-order valence-electron chi connectivity index (χ0n) is 12.8. The number of nitrogens with one attached hydrogen (secondary N) is 2. The second kappa shape index (κ2) is 10.2. The van der Waals surface area contributed by atoms with Crippen molar-refractivity contribution >= 4 is 23.4 Å². The van der Waals surface area contributed by atoms with Gasteiger partial charge in [0.25, 0.3) is 0 Å². The first kappa shape index (κ1) is 18.4. The van der Waals surface area contributed by atoms with Crippen molar-refractivity contribution in [3.63, 3.8) is 0 Å². The number of hydrogen-bond acceptors (Lipinski definition) is 5. The van der Waals surface area contributed by atoms with Crippen LogP contribution in [0.25, 0.3) is 0 Å². The summed E-state index contributed by atoms with van der Waals surface area (Å²) < 4.78 is 1.72. The number of hydrogen-bond donors (Lipinski definition) is 4. The molecule has 0 spiro atoms. The molecule has 0 radical (unpaired) electrons. The van der Waals surface area contributed by atoms with Crippen molar-refractivity contribution in [3.8, 4) is 0 Å². The average molecular weight is 288 g/mol. The van der Waals surface area contributed by atoms with Crippen molar-refractivity contribution in [1.82, 2.24) is 9.78 Å². The van der Waals surface area contributed by atoms with Gasteiger partial charge in [0.1, 0.15) is 0 Å². The van der Waals surface area contributed by atoms with E-state index in [4.69, 9.17) is 11.1 Å². The highest BCUT2D eigenvalue weighted by molar-refractivity contribution is 5.87. The van der Waals surface area contributed by atoms with Crippen LogP contribution in [0.4, 0.5) is 17.2 Å². The van der Waals surface area contributed by atoms with Gasteiger partial charge in [-0.3, -0.25) is 4.68 Å². The lowest BCUT2D eigenvalue weighted by molar-refractivity contribution is 0.771. The van der Waals surface area contributed by atoms with Crippen LogP contribution in [-0.2, 0) is 7.05 Å². The summed E-state index contributed by atoms with van der Waals surface area (Å²) >= 11 is 0. The van der Waals surface area contributed by atoms with Crippen LogP contribution < -0.4 is 16.8 Å². The minimum absolute atomic E-state index is 0.599. The summed E-state index contributed by atoms with van der Waals surface area (Å²) in [7, 11) is 3.36. The lowest BCUT2D eigenvalue weighted by Gasteiger charge is -2.05. The van der Waals surface area contributed by atoms with Crippen molar-refractivity contribution in [2.45, 2.75) is 6.92 Å². The van der Waals surface area contributed by atoms with Gasteiger partial charge in [-0.1, -0.05) is 6.08 Å². The Balaban J connectivity index is 0.000000713. The highest BCUT2D eigenvalue weighted by Gasteiger charge is 2.00. The molecule has 0 fully saturated rings. The van der Waals surface area contributed by atoms with E-state index in [1.54, 1.807) is 16.8 Å². The summed E-state index contributed by atoms with van der Waals surface area (Å²) in [6.45, 7) is 5.25. The van der Waals surface area contributed by atoms with Crippen molar-refractivity contribution in [2.24, 2.45) is 12.8 Å². The summed E-state index contributed by atoms with van der Waals surface area (Å²) in [4.78, 5) is 0. The highest BCUT2D eigenvalue weighted by atomic mass is 15.3. The van der Waals surface area contributed by atoms with E-state index < -0.39 is 0 Å². The minimum Gasteiger partial charge on any atom is -0.398 e. The predicted molar refractivity (Wildman–Crippen MR) is 91.2 cm³/mol. The van der Waals surface area contributed by atoms with Gasteiger partial charge < -0.3 is 22.2 Å². The summed E-state index contributed by atoms with van der Waals surface area (Å²) in [5, 5.41) is 14.5. The molecule has 21 heavy (non-hydrogen) atoms. The molecule has 0 amide bonds. The zero-order chi connectivity index (χ0) is 16.3. The van der Waals surface area contributed by atoms with Crippen LogP contribution in [0.15, 0.2) is 43.1 Å². The number of aromatic nitrogens is 2. The van der Waals surface area contributed by atoms with E-state index in [1.165, 1.54) is 13.3 Å². The fourth-order valence-electron chi connectivity index (χ4n) is 1.41. The Kier molecular flexibility index (Phi) is 8.95. The smallest absolute Gasteiger partial charge is 0.152 e. The van der Waals surface area contributed by atoms with E-state index in [0.717, 1.165) is 11.5 Å². The number of nitrogen functional groups attached to an aromatic ring is 1. The predicted octanol–water partition coefficient (Wildman–Crippen LogP) is 2.51. The molecule has 2 aromatic rings. The quantitative estimate of drug-likeness (QED) is 0.395. The van der Waals surface area contributed by atoms with Crippen LogP contribution in [0.3, 0.4) is 0 Å². The van der Waals surface area contributed by atoms with Crippen molar-refractivity contribution in [1.29, 1.82) is 5.41 Å². The number of aryl methyl sites for hydroxylation is 1. The van der Waals surface area contributed by atoms with E-state index in [9.17, 15) is 0 Å². The molecule has 0 aliphatic rings. The molecular weight excluding hydrogens is 264 g/mol. The van der Waals surface area contributed by atoms with E-state index >= 15 is 0 Å². The maximum absolute atomic E-state index is 7.21. The lowest BCUT2D eigenvalue weighted by atomic mass is 10.2. The number of nitrogens with zero attached hydrogens (tertiary/aromatic N) is 2. The molecule has 0 atom stereocenters. The number of allylic oxidation sites excluding steroid dienone is 1. The molecule has 0 saturated heterocycles. The molecule has 1 heterocycles. The Morgan fingerprint density at radius 2 is 1.95 bits per heavy atom. The molecule has 2 rings (SSSR count). The first-order chi connectivity index (χ1) is 10.1. The third kappa shape index (κ3) is 6.40. The Hall–Kier alpha value is -2.60. The summed E-state index contributed by atoms with van der Waals surface area (Å²) in [6, 6.07) is 7.32. The normalized spacial score (nSPS) is 8.57. The molecule has 6 N–H and O–H groups in total. The molecular formula is C15H24N6. The molecule has 0 saturated carbocycles. The van der Waals surface area contributed by atoms with Crippen LogP contribution in [0.2, 0.25) is 0 Å². The van der Waals surface area contributed by atoms with Crippen LogP contribution in [0.5, 0.6) is 0 Å². The molecule has 0 unspecified atom stereocenters. The third-order valence-electron chi connectivity index (χ3n) is 2.23. The van der Waals surface area contributed by atoms with E-state index in [2.05, 4.69) is 22.7 Å². The highest BCUT2D eigenvalue weighted by Crippen LogP contribution is 2.19. The standard InChI is InChI=1S/C11H13N5.C3H6.CH5N/c1-16-5-4-11(15-16)14-9-2-3-10(13)8(6-9)7-12;1-3-2;1-2/h2-7,12H,13H2,1H3,(H,14,15);3H,1H2,2H3;2H2,1H3. The van der Waals surface area contributed by atoms with Gasteiger partial charge in [0.15, 0.2) is 5.82 Å². The Bertz CT molecular complexity index is 559. The molecule has 1 aromatic carbocycles. The topological polar surface area (TPSA) is 106 Å². The SMILES string of the molecule is C=CC.CN.Cn1ccc(Nc2ccc(N)c(C=N)c2)n1. The molecule has 0 aliphatic carbocycles. The fourth-order valence-corrected chi connectivity index (χ4v) is 1.41. The number of nitrogens with two attached hydrogens (primary N) is 2. The molecule has 0 aliphatic heterocycles. The van der Waals surface area contributed by atoms with Gasteiger partial charge in [0, 0.05) is 42.5 Å². The third-order valence-corrected chi connectivity index (χ3v) is 2.23. The van der Waals surface area contributed by atoms with Gasteiger partial charge >= 0.3 is 0 Å². The fraction of sp³-hybridized carbons (Fsp3) is 0.200. The van der Waals surface area contributed by atoms with E-state index in [1.807, 2.05) is 38.4 Å². The van der Waals surface area contributed by atoms with E-state index in [-0.39, 0.29) is 0 Å². The van der Waals surface area contributed by atoms with Crippen molar-refractivity contribution < 1.29 is 0 Å². The average Bonchev–Trinajstić information content (AvgIpc) is 2.89. The number of anilines is 3. The maximum Gasteiger partial charge on any atom is 0.152 e. The first-order valence-corrected chi connectivity index (χ1v) is 6.42. The molecule has 114 valence electrons. The van der Waals surface area contributed by atoms with Crippen LogP contribution in [0, 0.1) is 5.41 Å². The zero-order valence-corrected chi connectivity index (χ0v) is 12.8. The van der Waals surface area contributed by atoms with Crippen LogP contribution in [-0.4, -0.2) is 23.0 Å². The second-order valence-corrected chi connectivity index (χ2v) is 3.90. The molecule has 6 heteroatoms. The molecule has 1 aromatic heterocycles. The summed E-state index contributed by atoms with van der Waals surface area (Å²) in [6.07, 6.45) is 4.84. The van der Waals surface area contributed by atoms with Crippen molar-refractivity contribution in [2.75, 3.05) is 18.1 Å². The Labute approximate surface area is 126 Å². The number of rotatable bonds is 3. The van der Waals surface area contributed by atoms with Gasteiger partial charge in [-0.2, -0.15) is 5.10 Å². The van der Waals surface area contributed by atoms with E-state index in [0.29, 0.717) is 11.3 Å². The molecule has 6 nitrogen and oxygen atoms in total. The minimum atomic E-state index is 0.599. The lowest BCUT2D eigenvalue weighted by Crippen LogP contribution is -1.97. The summed E-state index contributed by atoms with van der Waals surface area (Å²) in [5.41, 5.74) is 12.4. The Morgan fingerprint density at radius 3 is 2.43 bits per heavy atom. The van der Waals surface area contributed by atoms with Gasteiger partial charge in [-0.25, -0.2) is 0 Å². The van der Waals surface area contributed by atoms with Gasteiger partial charge in [0.2, 0.25) is 0 Å². The van der Waals surface area contributed by atoms with Crippen molar-refractivity contribution in [3.05, 3.63) is 48.7 Å². The second-order valence-electron chi connectivity index (χ2n) is 3.90. The van der Waals surface area contributed by atoms with Gasteiger partial charge in [-0.05, 0) is 32.2 Å². The van der Waals surface area contributed by atoms with Crippen LogP contribution in [0.1, 0.15) is 12.5 Å².